The molecule has 0 heterocycles. The molecular weight excluding hydrogens is 362 g/mol. The quantitative estimate of drug-likeness (QED) is 0.733. The molecule has 0 fully saturated rings. The van der Waals surface area contributed by atoms with Gasteiger partial charge in [-0.3, -0.25) is 9.10 Å². The van der Waals surface area contributed by atoms with Crippen molar-refractivity contribution in [2.75, 3.05) is 28.6 Å². The van der Waals surface area contributed by atoms with Gasteiger partial charge in [-0.15, -0.1) is 0 Å². The van der Waals surface area contributed by atoms with Crippen LogP contribution in [-0.2, 0) is 14.8 Å². The summed E-state index contributed by atoms with van der Waals surface area (Å²) in [6.45, 7) is 4.37. The lowest BCUT2D eigenvalue weighted by Gasteiger charge is -2.25. The first-order chi connectivity index (χ1) is 12.8. The number of anilines is 2. The maximum Gasteiger partial charge on any atom is 0.232 e. The minimum atomic E-state index is -3.56. The number of carbonyl (C=O) groups is 1. The summed E-state index contributed by atoms with van der Waals surface area (Å²) in [4.78, 5) is 14.4. The highest BCUT2D eigenvalue weighted by Crippen LogP contribution is 2.20. The largest absolute Gasteiger partial charge is 0.313 e. The zero-order valence-corrected chi connectivity index (χ0v) is 16.5. The zero-order valence-electron chi connectivity index (χ0n) is 15.7. The summed E-state index contributed by atoms with van der Waals surface area (Å²) in [6.07, 6.45) is 1.16. The van der Waals surface area contributed by atoms with E-state index >= 15 is 0 Å². The van der Waals surface area contributed by atoms with Crippen molar-refractivity contribution >= 4 is 27.3 Å². The van der Waals surface area contributed by atoms with Gasteiger partial charge in [-0.2, -0.15) is 5.26 Å². The van der Waals surface area contributed by atoms with Gasteiger partial charge >= 0.3 is 0 Å². The number of benzene rings is 2. The van der Waals surface area contributed by atoms with Crippen LogP contribution in [-0.4, -0.2) is 33.7 Å². The van der Waals surface area contributed by atoms with E-state index < -0.39 is 10.0 Å². The van der Waals surface area contributed by atoms with E-state index in [9.17, 15) is 13.2 Å². The van der Waals surface area contributed by atoms with Gasteiger partial charge < -0.3 is 4.90 Å². The Bertz CT molecular complexity index is 947. The number of sulfonamides is 1. The Labute approximate surface area is 160 Å². The first-order valence-electron chi connectivity index (χ1n) is 8.61. The standard InChI is InChI=1S/C20H23N3O3S/c1-4-22(19-7-5-6-16(2)14-19)20(24)12-13-23(27(3,25)26)18-10-8-17(15-21)9-11-18/h5-11,14H,4,12-13H2,1-3H3. The van der Waals surface area contributed by atoms with Gasteiger partial charge in [0, 0.05) is 25.2 Å². The van der Waals surface area contributed by atoms with Crippen LogP contribution in [0.5, 0.6) is 0 Å². The van der Waals surface area contributed by atoms with Crippen LogP contribution in [0.1, 0.15) is 24.5 Å². The van der Waals surface area contributed by atoms with Gasteiger partial charge in [0.05, 0.1) is 23.6 Å². The van der Waals surface area contributed by atoms with Gasteiger partial charge in [-0.1, -0.05) is 12.1 Å². The second kappa shape index (κ2) is 8.69. The predicted octanol–water partition coefficient (Wildman–Crippen LogP) is 3.08. The Morgan fingerprint density at radius 1 is 1.11 bits per heavy atom. The normalized spacial score (nSPS) is 10.9. The Balaban J connectivity index is 2.18. The van der Waals surface area contributed by atoms with E-state index in [4.69, 9.17) is 5.26 Å². The van der Waals surface area contributed by atoms with Crippen LogP contribution in [0, 0.1) is 18.3 Å². The second-order valence-electron chi connectivity index (χ2n) is 6.22. The van der Waals surface area contributed by atoms with Crippen molar-refractivity contribution in [3.8, 4) is 6.07 Å². The second-order valence-corrected chi connectivity index (χ2v) is 8.13. The molecule has 0 bridgehead atoms. The number of amides is 1. The number of rotatable bonds is 7. The molecule has 6 nitrogen and oxygen atoms in total. The maximum absolute atomic E-state index is 12.7. The van der Waals surface area contributed by atoms with Crippen LogP contribution in [0.25, 0.3) is 0 Å². The fourth-order valence-electron chi connectivity index (χ4n) is 2.82. The third-order valence-electron chi connectivity index (χ3n) is 4.14. The molecular formula is C20H23N3O3S. The van der Waals surface area contributed by atoms with E-state index in [0.717, 1.165) is 17.5 Å². The van der Waals surface area contributed by atoms with Crippen LogP contribution in [0.3, 0.4) is 0 Å². The van der Waals surface area contributed by atoms with Crippen LogP contribution >= 0.6 is 0 Å². The lowest BCUT2D eigenvalue weighted by molar-refractivity contribution is -0.118. The molecule has 0 radical (unpaired) electrons. The fourth-order valence-corrected chi connectivity index (χ4v) is 3.75. The van der Waals surface area contributed by atoms with E-state index in [0.29, 0.717) is 17.8 Å². The lowest BCUT2D eigenvalue weighted by Crippen LogP contribution is -2.37. The summed E-state index contributed by atoms with van der Waals surface area (Å²) in [5.41, 5.74) is 2.73. The lowest BCUT2D eigenvalue weighted by atomic mass is 10.2. The van der Waals surface area contributed by atoms with Gasteiger partial charge in [-0.05, 0) is 55.8 Å². The summed E-state index contributed by atoms with van der Waals surface area (Å²) in [6, 6.07) is 15.9. The minimum absolute atomic E-state index is 0.0336. The van der Waals surface area contributed by atoms with E-state index in [1.54, 1.807) is 29.2 Å². The van der Waals surface area contributed by atoms with Crippen LogP contribution < -0.4 is 9.21 Å². The summed E-state index contributed by atoms with van der Waals surface area (Å²) >= 11 is 0. The summed E-state index contributed by atoms with van der Waals surface area (Å²) in [5.74, 6) is -0.148. The molecule has 2 aromatic carbocycles. The molecule has 0 aliphatic rings. The van der Waals surface area contributed by atoms with Crippen LogP contribution in [0.2, 0.25) is 0 Å². The number of nitriles is 1. The Kier molecular flexibility index (Phi) is 6.59. The Morgan fingerprint density at radius 3 is 2.30 bits per heavy atom. The SMILES string of the molecule is CCN(C(=O)CCN(c1ccc(C#N)cc1)S(C)(=O)=O)c1cccc(C)c1. The summed E-state index contributed by atoms with van der Waals surface area (Å²) in [5, 5.41) is 8.89. The molecule has 0 saturated heterocycles. The average molecular weight is 385 g/mol. The zero-order chi connectivity index (χ0) is 20.0. The monoisotopic (exact) mass is 385 g/mol. The summed E-state index contributed by atoms with van der Waals surface area (Å²) < 4.78 is 25.6. The first kappa shape index (κ1) is 20.5. The van der Waals surface area contributed by atoms with E-state index in [1.807, 2.05) is 44.2 Å². The first-order valence-corrected chi connectivity index (χ1v) is 10.5. The van der Waals surface area contributed by atoms with Crippen molar-refractivity contribution in [1.29, 1.82) is 5.26 Å². The number of nitrogens with zero attached hydrogens (tertiary/aromatic N) is 3. The molecule has 0 N–H and O–H groups in total. The summed E-state index contributed by atoms with van der Waals surface area (Å²) in [7, 11) is -3.56. The van der Waals surface area contributed by atoms with E-state index in [2.05, 4.69) is 0 Å². The van der Waals surface area contributed by atoms with E-state index in [1.165, 1.54) is 4.31 Å². The van der Waals surface area contributed by atoms with Crippen molar-refractivity contribution in [3.05, 3.63) is 59.7 Å². The minimum Gasteiger partial charge on any atom is -0.313 e. The predicted molar refractivity (Wildman–Crippen MR) is 107 cm³/mol. The molecule has 0 spiro atoms. The highest BCUT2D eigenvalue weighted by Gasteiger charge is 2.21. The van der Waals surface area contributed by atoms with Gasteiger partial charge in [0.2, 0.25) is 15.9 Å². The molecule has 0 atom stereocenters. The molecule has 0 aliphatic carbocycles. The number of aryl methyl sites for hydroxylation is 1. The van der Waals surface area contributed by atoms with Crippen molar-refractivity contribution in [2.24, 2.45) is 0 Å². The molecule has 0 aliphatic heterocycles. The van der Waals surface area contributed by atoms with Crippen molar-refractivity contribution in [1.82, 2.24) is 0 Å². The molecule has 1 amide bonds. The van der Waals surface area contributed by atoms with Crippen LogP contribution in [0.4, 0.5) is 11.4 Å². The molecule has 0 saturated carbocycles. The van der Waals surface area contributed by atoms with Gasteiger partial charge in [0.25, 0.3) is 0 Å². The molecule has 0 aromatic heterocycles. The Morgan fingerprint density at radius 2 is 1.78 bits per heavy atom. The topological polar surface area (TPSA) is 81.5 Å². The molecule has 7 heteroatoms. The number of hydrogen-bond acceptors (Lipinski definition) is 4. The van der Waals surface area contributed by atoms with Gasteiger partial charge in [-0.25, -0.2) is 8.42 Å². The van der Waals surface area contributed by atoms with E-state index in [-0.39, 0.29) is 18.9 Å². The van der Waals surface area contributed by atoms with Gasteiger partial charge in [0.1, 0.15) is 0 Å². The van der Waals surface area contributed by atoms with Crippen molar-refractivity contribution < 1.29 is 13.2 Å². The van der Waals surface area contributed by atoms with Crippen molar-refractivity contribution in [3.63, 3.8) is 0 Å². The smallest absolute Gasteiger partial charge is 0.232 e. The molecule has 27 heavy (non-hydrogen) atoms. The highest BCUT2D eigenvalue weighted by atomic mass is 32.2. The third-order valence-corrected chi connectivity index (χ3v) is 5.34. The molecule has 2 rings (SSSR count). The molecule has 0 unspecified atom stereocenters. The van der Waals surface area contributed by atoms with Gasteiger partial charge in [0.15, 0.2) is 0 Å². The number of hydrogen-bond donors (Lipinski definition) is 0. The van der Waals surface area contributed by atoms with Crippen LogP contribution in [0.15, 0.2) is 48.5 Å². The number of carbonyl (C=O) groups excluding carboxylic acids is 1. The highest BCUT2D eigenvalue weighted by molar-refractivity contribution is 7.92. The van der Waals surface area contributed by atoms with Crippen molar-refractivity contribution in [2.45, 2.75) is 20.3 Å². The third kappa shape index (κ3) is 5.31. The molecule has 142 valence electrons. The average Bonchev–Trinajstić information content (AvgIpc) is 2.62. The fraction of sp³-hybridized carbons (Fsp3) is 0.300. The molecule has 2 aromatic rings. The maximum atomic E-state index is 12.7. The Hall–Kier alpha value is -2.85.